The molecule has 0 aliphatic heterocycles. The van der Waals surface area contributed by atoms with Crippen LogP contribution in [-0.2, 0) is 0 Å². The first-order valence-electron chi connectivity index (χ1n) is 5.65. The number of allylic oxidation sites excluding steroid dienone is 5. The van der Waals surface area contributed by atoms with Crippen LogP contribution in [0.1, 0.15) is 6.92 Å². The van der Waals surface area contributed by atoms with Crippen LogP contribution >= 0.6 is 11.6 Å². The van der Waals surface area contributed by atoms with Gasteiger partial charge in [-0.3, -0.25) is 4.57 Å². The Morgan fingerprint density at radius 3 is 2.89 bits per heavy atom. The van der Waals surface area contributed by atoms with Gasteiger partial charge in [-0.15, -0.1) is 0 Å². The van der Waals surface area contributed by atoms with Crippen molar-refractivity contribution in [1.29, 1.82) is 0 Å². The fraction of sp³-hybridized carbons (Fsp3) is 0.0714. The molecule has 5 heteroatoms. The van der Waals surface area contributed by atoms with E-state index in [4.69, 9.17) is 17.3 Å². The van der Waals surface area contributed by atoms with Gasteiger partial charge in [-0.2, -0.15) is 0 Å². The Balaban J connectivity index is 2.50. The van der Waals surface area contributed by atoms with Crippen molar-refractivity contribution in [2.75, 3.05) is 5.73 Å². The summed E-state index contributed by atoms with van der Waals surface area (Å²) in [5, 5.41) is 0.574. The van der Waals surface area contributed by atoms with Gasteiger partial charge in [0, 0.05) is 10.7 Å². The van der Waals surface area contributed by atoms with E-state index in [0.29, 0.717) is 16.2 Å². The predicted molar refractivity (Wildman–Crippen MR) is 78.5 cm³/mol. The number of halogens is 2. The van der Waals surface area contributed by atoms with Crippen LogP contribution in [0.5, 0.6) is 0 Å². The molecule has 0 amide bonds. The van der Waals surface area contributed by atoms with Crippen LogP contribution in [0.2, 0.25) is 5.02 Å². The number of fused-ring (bicyclic) bond motifs is 1. The molecule has 0 aliphatic carbocycles. The number of hydrogen-bond donors (Lipinski definition) is 1. The Morgan fingerprint density at radius 2 is 2.21 bits per heavy atom. The van der Waals surface area contributed by atoms with Crippen molar-refractivity contribution >= 4 is 34.3 Å². The minimum atomic E-state index is -0.345. The summed E-state index contributed by atoms with van der Waals surface area (Å²) in [6, 6.07) is 5.25. The molecule has 0 unspecified atom stereocenters. The smallest absolute Gasteiger partial charge is 0.205 e. The number of rotatable bonds is 3. The summed E-state index contributed by atoms with van der Waals surface area (Å²) in [6.45, 7) is 5.48. The van der Waals surface area contributed by atoms with Crippen molar-refractivity contribution in [2.24, 2.45) is 0 Å². The standard InChI is InChI=1S/C14H13ClFN3/c1-3-11(16)6-4-9(2)19-13-8-10(15)5-7-12(13)18-14(19)17/h3-8H,2H2,1H3,(H2,17,18)/b6-4-,11-3+. The third-order valence-electron chi connectivity index (χ3n) is 2.64. The van der Waals surface area contributed by atoms with E-state index in [1.807, 2.05) is 0 Å². The lowest BCUT2D eigenvalue weighted by Gasteiger charge is -2.05. The normalized spacial score (nSPS) is 12.5. The fourth-order valence-corrected chi connectivity index (χ4v) is 1.88. The molecule has 0 spiro atoms. The molecule has 2 rings (SSSR count). The average molecular weight is 278 g/mol. The highest BCUT2D eigenvalue weighted by atomic mass is 35.5. The summed E-state index contributed by atoms with van der Waals surface area (Å²) in [5.74, 6) is -0.0602. The SMILES string of the molecule is C=C(/C=C\C(F)=C/C)n1c(N)nc2ccc(Cl)cc21. The van der Waals surface area contributed by atoms with Gasteiger partial charge in [0.2, 0.25) is 5.95 Å². The van der Waals surface area contributed by atoms with Gasteiger partial charge >= 0.3 is 0 Å². The van der Waals surface area contributed by atoms with Gasteiger partial charge in [-0.05, 0) is 37.3 Å². The quantitative estimate of drug-likeness (QED) is 0.856. The van der Waals surface area contributed by atoms with Gasteiger partial charge in [0.05, 0.1) is 11.0 Å². The highest BCUT2D eigenvalue weighted by molar-refractivity contribution is 6.31. The van der Waals surface area contributed by atoms with E-state index in [-0.39, 0.29) is 11.8 Å². The van der Waals surface area contributed by atoms with Crippen LogP contribution in [0.25, 0.3) is 16.7 Å². The third-order valence-corrected chi connectivity index (χ3v) is 2.88. The summed E-state index contributed by atoms with van der Waals surface area (Å²) in [5.41, 5.74) is 7.81. The molecule has 1 heterocycles. The molecule has 98 valence electrons. The van der Waals surface area contributed by atoms with Crippen LogP contribution < -0.4 is 5.73 Å². The zero-order valence-corrected chi connectivity index (χ0v) is 11.2. The maximum atomic E-state index is 13.1. The van der Waals surface area contributed by atoms with Crippen LogP contribution in [0.3, 0.4) is 0 Å². The number of benzene rings is 1. The lowest BCUT2D eigenvalue weighted by Crippen LogP contribution is -2.00. The highest BCUT2D eigenvalue weighted by Crippen LogP contribution is 2.25. The second-order valence-corrected chi connectivity index (χ2v) is 4.37. The van der Waals surface area contributed by atoms with Gasteiger partial charge < -0.3 is 5.73 Å². The number of aromatic nitrogens is 2. The molecule has 1 aromatic carbocycles. The molecule has 19 heavy (non-hydrogen) atoms. The molecule has 0 radical (unpaired) electrons. The monoisotopic (exact) mass is 277 g/mol. The summed E-state index contributed by atoms with van der Waals surface area (Å²) in [6.07, 6.45) is 4.21. The Bertz CT molecular complexity index is 698. The molecule has 0 aliphatic rings. The van der Waals surface area contributed by atoms with Crippen LogP contribution in [0.4, 0.5) is 10.3 Å². The van der Waals surface area contributed by atoms with Gasteiger partial charge in [0.15, 0.2) is 0 Å². The number of nitrogens with zero attached hydrogens (tertiary/aromatic N) is 2. The van der Waals surface area contributed by atoms with E-state index >= 15 is 0 Å². The number of anilines is 1. The van der Waals surface area contributed by atoms with Crippen molar-refractivity contribution < 1.29 is 4.39 Å². The van der Waals surface area contributed by atoms with E-state index in [0.717, 1.165) is 5.52 Å². The van der Waals surface area contributed by atoms with Crippen LogP contribution in [0, 0.1) is 0 Å². The summed E-state index contributed by atoms with van der Waals surface area (Å²) >= 11 is 5.96. The van der Waals surface area contributed by atoms with Crippen LogP contribution in [0.15, 0.2) is 48.8 Å². The van der Waals surface area contributed by atoms with E-state index in [1.54, 1.807) is 29.7 Å². The number of nitrogens with two attached hydrogens (primary N) is 1. The molecular weight excluding hydrogens is 265 g/mol. The molecule has 0 bridgehead atoms. The van der Waals surface area contributed by atoms with Gasteiger partial charge in [0.25, 0.3) is 0 Å². The van der Waals surface area contributed by atoms with Crippen molar-refractivity contribution in [3.05, 3.63) is 53.9 Å². The van der Waals surface area contributed by atoms with Gasteiger partial charge in [0.1, 0.15) is 5.83 Å². The summed E-state index contributed by atoms with van der Waals surface area (Å²) < 4.78 is 14.7. The minimum Gasteiger partial charge on any atom is -0.369 e. The Morgan fingerprint density at radius 1 is 1.47 bits per heavy atom. The van der Waals surface area contributed by atoms with Crippen molar-refractivity contribution in [1.82, 2.24) is 9.55 Å². The maximum Gasteiger partial charge on any atom is 0.205 e. The first-order valence-corrected chi connectivity index (χ1v) is 6.03. The Kier molecular flexibility index (Phi) is 3.71. The first-order chi connectivity index (χ1) is 9.02. The Labute approximate surface area is 115 Å². The van der Waals surface area contributed by atoms with Crippen molar-refractivity contribution in [2.45, 2.75) is 6.92 Å². The molecule has 3 nitrogen and oxygen atoms in total. The molecule has 0 atom stereocenters. The highest BCUT2D eigenvalue weighted by Gasteiger charge is 2.09. The summed E-state index contributed by atoms with van der Waals surface area (Å²) in [7, 11) is 0. The van der Waals surface area contributed by atoms with Crippen molar-refractivity contribution in [3.8, 4) is 0 Å². The predicted octanol–water partition coefficient (Wildman–Crippen LogP) is 4.17. The van der Waals surface area contributed by atoms with E-state index < -0.39 is 0 Å². The molecule has 0 saturated carbocycles. The molecule has 0 fully saturated rings. The minimum absolute atomic E-state index is 0.285. The molecular formula is C14H13ClFN3. The molecule has 2 aromatic rings. The fourth-order valence-electron chi connectivity index (χ4n) is 1.72. The zero-order valence-electron chi connectivity index (χ0n) is 10.4. The lowest BCUT2D eigenvalue weighted by atomic mass is 10.3. The van der Waals surface area contributed by atoms with E-state index in [2.05, 4.69) is 11.6 Å². The number of nitrogen functional groups attached to an aromatic ring is 1. The Hall–Kier alpha value is -2.07. The maximum absolute atomic E-state index is 13.1. The largest absolute Gasteiger partial charge is 0.369 e. The average Bonchev–Trinajstić information content (AvgIpc) is 2.70. The third kappa shape index (κ3) is 2.69. The van der Waals surface area contributed by atoms with Gasteiger partial charge in [-0.1, -0.05) is 24.3 Å². The molecule has 2 N–H and O–H groups in total. The van der Waals surface area contributed by atoms with E-state index in [1.165, 1.54) is 18.2 Å². The topological polar surface area (TPSA) is 43.8 Å². The van der Waals surface area contributed by atoms with Gasteiger partial charge in [-0.25, -0.2) is 9.37 Å². The molecule has 0 saturated heterocycles. The second kappa shape index (κ2) is 5.28. The molecule has 1 aromatic heterocycles. The second-order valence-electron chi connectivity index (χ2n) is 3.94. The lowest BCUT2D eigenvalue weighted by molar-refractivity contribution is 0.665. The van der Waals surface area contributed by atoms with Crippen LogP contribution in [-0.4, -0.2) is 9.55 Å². The summed E-state index contributed by atoms with van der Waals surface area (Å²) in [4.78, 5) is 4.20. The first kappa shape index (κ1) is 13.4. The van der Waals surface area contributed by atoms with E-state index in [9.17, 15) is 4.39 Å². The zero-order chi connectivity index (χ0) is 14.0. The van der Waals surface area contributed by atoms with Crippen molar-refractivity contribution in [3.63, 3.8) is 0 Å². The number of imidazole rings is 1. The number of hydrogen-bond acceptors (Lipinski definition) is 2.